The first kappa shape index (κ1) is 17.9. The molecule has 0 unspecified atom stereocenters. The zero-order valence-corrected chi connectivity index (χ0v) is 15.9. The number of rotatable bonds is 6. The van der Waals surface area contributed by atoms with Crippen molar-refractivity contribution >= 4 is 33.3 Å². The van der Waals surface area contributed by atoms with Gasteiger partial charge in [-0.1, -0.05) is 24.3 Å². The molecule has 5 heteroatoms. The normalized spacial score (nSPS) is 13.3. The van der Waals surface area contributed by atoms with E-state index in [4.69, 9.17) is 4.74 Å². The van der Waals surface area contributed by atoms with E-state index in [1.54, 1.807) is 0 Å². The zero-order valence-electron chi connectivity index (χ0n) is 15.1. The van der Waals surface area contributed by atoms with Crippen LogP contribution in [0.25, 0.3) is 10.2 Å². The van der Waals surface area contributed by atoms with E-state index in [1.807, 2.05) is 36.4 Å². The summed E-state index contributed by atoms with van der Waals surface area (Å²) in [5.41, 5.74) is 4.25. The van der Waals surface area contributed by atoms with E-state index in [2.05, 4.69) is 11.1 Å². The number of aryl methyl sites for hydroxylation is 2. The summed E-state index contributed by atoms with van der Waals surface area (Å²) in [6.45, 7) is 0.158. The molecule has 4 nitrogen and oxygen atoms in total. The molecule has 2 aromatic carbocycles. The number of ether oxygens (including phenoxy) is 1. The Hall–Kier alpha value is -2.53. The van der Waals surface area contributed by atoms with Gasteiger partial charge >= 0.3 is 5.97 Å². The number of Topliss-reactive ketones (excluding diaryl/α,β-unsaturated/α-hetero) is 1. The van der Waals surface area contributed by atoms with Gasteiger partial charge in [0.2, 0.25) is 0 Å². The second-order valence-electron chi connectivity index (χ2n) is 6.85. The van der Waals surface area contributed by atoms with Gasteiger partial charge in [0, 0.05) is 12.0 Å². The fourth-order valence-corrected chi connectivity index (χ4v) is 4.34. The van der Waals surface area contributed by atoms with Gasteiger partial charge in [0.1, 0.15) is 11.6 Å². The number of hydrogen-bond donors (Lipinski definition) is 0. The highest BCUT2D eigenvalue weighted by atomic mass is 32.1. The van der Waals surface area contributed by atoms with Crippen LogP contribution < -0.4 is 0 Å². The van der Waals surface area contributed by atoms with E-state index < -0.39 is 0 Å². The Balaban J connectivity index is 1.29. The molecule has 0 N–H and O–H groups in total. The van der Waals surface area contributed by atoms with E-state index >= 15 is 0 Å². The molecule has 0 spiro atoms. The van der Waals surface area contributed by atoms with Gasteiger partial charge in [-0.2, -0.15) is 0 Å². The van der Waals surface area contributed by atoms with E-state index in [9.17, 15) is 9.59 Å². The molecule has 1 aliphatic rings. The zero-order chi connectivity index (χ0) is 18.6. The van der Waals surface area contributed by atoms with Crippen LogP contribution in [-0.2, 0) is 29.0 Å². The SMILES string of the molecule is O=C(CCC(=O)c1ccc2c(c1)CCCC2)OCc1nc2ccccc2s1. The summed E-state index contributed by atoms with van der Waals surface area (Å²) < 4.78 is 6.37. The minimum Gasteiger partial charge on any atom is -0.458 e. The lowest BCUT2D eigenvalue weighted by Crippen LogP contribution is -2.10. The highest BCUT2D eigenvalue weighted by molar-refractivity contribution is 7.18. The molecule has 0 amide bonds. The number of aromatic nitrogens is 1. The van der Waals surface area contributed by atoms with E-state index in [1.165, 1.54) is 35.3 Å². The summed E-state index contributed by atoms with van der Waals surface area (Å²) in [7, 11) is 0. The number of hydrogen-bond acceptors (Lipinski definition) is 5. The number of nitrogens with zero attached hydrogens (tertiary/aromatic N) is 1. The maximum Gasteiger partial charge on any atom is 0.306 e. The van der Waals surface area contributed by atoms with Gasteiger partial charge in [-0.15, -0.1) is 11.3 Å². The molecular weight excluding hydrogens is 358 g/mol. The fourth-order valence-electron chi connectivity index (χ4n) is 3.46. The largest absolute Gasteiger partial charge is 0.458 e. The molecule has 27 heavy (non-hydrogen) atoms. The highest BCUT2D eigenvalue weighted by Crippen LogP contribution is 2.24. The van der Waals surface area contributed by atoms with Crippen molar-refractivity contribution in [2.24, 2.45) is 0 Å². The molecule has 1 heterocycles. The first-order valence-corrected chi connectivity index (χ1v) is 10.2. The average Bonchev–Trinajstić information content (AvgIpc) is 3.13. The van der Waals surface area contributed by atoms with Gasteiger partial charge in [0.15, 0.2) is 5.78 Å². The molecule has 0 aliphatic heterocycles. The topological polar surface area (TPSA) is 56.3 Å². The van der Waals surface area contributed by atoms with Crippen molar-refractivity contribution in [2.75, 3.05) is 0 Å². The fraction of sp³-hybridized carbons (Fsp3) is 0.318. The van der Waals surface area contributed by atoms with E-state index in [0.717, 1.165) is 28.1 Å². The first-order valence-electron chi connectivity index (χ1n) is 9.34. The Morgan fingerprint density at radius 2 is 1.81 bits per heavy atom. The molecule has 138 valence electrons. The van der Waals surface area contributed by atoms with Crippen molar-refractivity contribution in [3.05, 3.63) is 64.2 Å². The van der Waals surface area contributed by atoms with E-state index in [-0.39, 0.29) is 31.2 Å². The second kappa shape index (κ2) is 8.01. The summed E-state index contributed by atoms with van der Waals surface area (Å²) in [4.78, 5) is 28.9. The van der Waals surface area contributed by atoms with Crippen molar-refractivity contribution < 1.29 is 14.3 Å². The van der Waals surface area contributed by atoms with Crippen molar-refractivity contribution in [2.45, 2.75) is 45.1 Å². The third-order valence-corrected chi connectivity index (χ3v) is 5.93. The highest BCUT2D eigenvalue weighted by Gasteiger charge is 2.15. The molecule has 0 saturated heterocycles. The Kier molecular flexibility index (Phi) is 5.30. The predicted octanol–water partition coefficient (Wildman–Crippen LogP) is 4.88. The Bertz CT molecular complexity index is 959. The predicted molar refractivity (Wildman–Crippen MR) is 106 cm³/mol. The van der Waals surface area contributed by atoms with Crippen LogP contribution in [-0.4, -0.2) is 16.7 Å². The summed E-state index contributed by atoms with van der Waals surface area (Å²) in [6, 6.07) is 13.8. The molecule has 4 rings (SSSR count). The summed E-state index contributed by atoms with van der Waals surface area (Å²) >= 11 is 1.52. The van der Waals surface area contributed by atoms with Crippen LogP contribution in [0.15, 0.2) is 42.5 Å². The van der Waals surface area contributed by atoms with Crippen LogP contribution in [0, 0.1) is 0 Å². The maximum atomic E-state index is 12.4. The van der Waals surface area contributed by atoms with E-state index in [0.29, 0.717) is 5.56 Å². The molecule has 0 bridgehead atoms. The van der Waals surface area contributed by atoms with Gasteiger partial charge in [0.05, 0.1) is 16.6 Å². The number of carbonyl (C=O) groups excluding carboxylic acids is 2. The lowest BCUT2D eigenvalue weighted by atomic mass is 9.89. The number of ketones is 1. The molecule has 1 aromatic heterocycles. The van der Waals surface area contributed by atoms with Crippen molar-refractivity contribution in [3.63, 3.8) is 0 Å². The number of thiazole rings is 1. The van der Waals surface area contributed by atoms with Crippen LogP contribution in [0.2, 0.25) is 0 Å². The van der Waals surface area contributed by atoms with Gasteiger partial charge < -0.3 is 4.74 Å². The van der Waals surface area contributed by atoms with Gasteiger partial charge in [0.25, 0.3) is 0 Å². The van der Waals surface area contributed by atoms with Gasteiger partial charge in [-0.3, -0.25) is 9.59 Å². The van der Waals surface area contributed by atoms with Gasteiger partial charge in [-0.05, 0) is 55.0 Å². The maximum absolute atomic E-state index is 12.4. The third kappa shape index (κ3) is 4.25. The number of para-hydroxylation sites is 1. The molecule has 3 aromatic rings. The minimum atomic E-state index is -0.361. The van der Waals surface area contributed by atoms with Crippen molar-refractivity contribution in [1.82, 2.24) is 4.98 Å². The number of benzene rings is 2. The van der Waals surface area contributed by atoms with Crippen LogP contribution >= 0.6 is 11.3 Å². The Labute approximate surface area is 162 Å². The smallest absolute Gasteiger partial charge is 0.306 e. The summed E-state index contributed by atoms with van der Waals surface area (Å²) in [5.74, 6) is -0.360. The summed E-state index contributed by atoms with van der Waals surface area (Å²) in [5, 5.41) is 0.769. The molecule has 0 radical (unpaired) electrons. The molecule has 0 fully saturated rings. The Morgan fingerprint density at radius 3 is 2.67 bits per heavy atom. The third-order valence-electron chi connectivity index (χ3n) is 4.92. The van der Waals surface area contributed by atoms with Crippen LogP contribution in [0.3, 0.4) is 0 Å². The summed E-state index contributed by atoms with van der Waals surface area (Å²) in [6.07, 6.45) is 4.82. The molecule has 1 aliphatic carbocycles. The average molecular weight is 379 g/mol. The monoisotopic (exact) mass is 379 g/mol. The minimum absolute atomic E-state index is 0.000288. The van der Waals surface area contributed by atoms with Crippen LogP contribution in [0.4, 0.5) is 0 Å². The van der Waals surface area contributed by atoms with Crippen LogP contribution in [0.5, 0.6) is 0 Å². The Morgan fingerprint density at radius 1 is 1.00 bits per heavy atom. The molecular formula is C22H21NO3S. The van der Waals surface area contributed by atoms with Crippen LogP contribution in [0.1, 0.15) is 52.2 Å². The first-order chi connectivity index (χ1) is 13.2. The second-order valence-corrected chi connectivity index (χ2v) is 7.96. The van der Waals surface area contributed by atoms with Crippen molar-refractivity contribution in [1.29, 1.82) is 0 Å². The number of carbonyl (C=O) groups is 2. The number of esters is 1. The lowest BCUT2D eigenvalue weighted by Gasteiger charge is -2.16. The quantitative estimate of drug-likeness (QED) is 0.452. The van der Waals surface area contributed by atoms with Gasteiger partial charge in [-0.25, -0.2) is 4.98 Å². The molecule has 0 saturated carbocycles. The standard InChI is InChI=1S/C22H21NO3S/c24-19(17-10-9-15-5-1-2-6-16(15)13-17)11-12-22(25)26-14-21-23-18-7-3-4-8-20(18)27-21/h3-4,7-10,13H,1-2,5-6,11-12,14H2. The molecule has 0 atom stereocenters. The number of fused-ring (bicyclic) bond motifs is 2. The van der Waals surface area contributed by atoms with Crippen molar-refractivity contribution in [3.8, 4) is 0 Å². The lowest BCUT2D eigenvalue weighted by molar-refractivity contribution is -0.144.